The molecule has 18 heavy (non-hydrogen) atoms. The van der Waals surface area contributed by atoms with Crippen LogP contribution in [0.25, 0.3) is 0 Å². The first-order valence-corrected chi connectivity index (χ1v) is 6.12. The molecule has 0 aromatic heterocycles. The van der Waals surface area contributed by atoms with Gasteiger partial charge in [0.1, 0.15) is 5.75 Å². The summed E-state index contributed by atoms with van der Waals surface area (Å²) < 4.78 is 5.47. The van der Waals surface area contributed by atoms with Crippen LogP contribution in [-0.2, 0) is 4.79 Å². The standard InChI is InChI=1S/C14H20N2O2/c1-11(2)9-10-15-16-14(17)12(3)18-13-7-5-4-6-8-13/h4-8,10-12H,9H2,1-3H3,(H,16,17)/b15-10+/t12-/m0/s1. The fourth-order valence-corrected chi connectivity index (χ4v) is 1.22. The number of nitrogens with one attached hydrogen (secondary N) is 1. The summed E-state index contributed by atoms with van der Waals surface area (Å²) in [5.74, 6) is 0.953. The SMILES string of the molecule is CC(C)C/C=N/NC(=O)[C@H](C)Oc1ccccc1. The fourth-order valence-electron chi connectivity index (χ4n) is 1.22. The summed E-state index contributed by atoms with van der Waals surface area (Å²) in [5, 5.41) is 3.87. The van der Waals surface area contributed by atoms with Crippen LogP contribution in [0.3, 0.4) is 0 Å². The van der Waals surface area contributed by atoms with Crippen LogP contribution in [0, 0.1) is 5.92 Å². The highest BCUT2D eigenvalue weighted by atomic mass is 16.5. The van der Waals surface area contributed by atoms with Crippen molar-refractivity contribution in [2.24, 2.45) is 11.0 Å². The van der Waals surface area contributed by atoms with E-state index < -0.39 is 6.10 Å². The van der Waals surface area contributed by atoms with Crippen LogP contribution in [0.15, 0.2) is 35.4 Å². The zero-order valence-electron chi connectivity index (χ0n) is 11.1. The lowest BCUT2D eigenvalue weighted by Gasteiger charge is -2.12. The number of carbonyl (C=O) groups excluding carboxylic acids is 1. The summed E-state index contributed by atoms with van der Waals surface area (Å²) in [6.07, 6.45) is 1.98. The summed E-state index contributed by atoms with van der Waals surface area (Å²) in [6.45, 7) is 5.88. The van der Waals surface area contributed by atoms with Gasteiger partial charge >= 0.3 is 0 Å². The molecule has 0 spiro atoms. The number of hydrogen-bond donors (Lipinski definition) is 1. The second-order valence-corrected chi connectivity index (χ2v) is 4.49. The third-order valence-corrected chi connectivity index (χ3v) is 2.27. The predicted octanol–water partition coefficient (Wildman–Crippen LogP) is 2.60. The van der Waals surface area contributed by atoms with Gasteiger partial charge in [-0.25, -0.2) is 5.43 Å². The van der Waals surface area contributed by atoms with Gasteiger partial charge in [0.15, 0.2) is 6.10 Å². The molecule has 0 radical (unpaired) electrons. The molecule has 1 atom stereocenters. The highest BCUT2D eigenvalue weighted by Gasteiger charge is 2.13. The molecule has 0 saturated carbocycles. The molecule has 0 unspecified atom stereocenters. The van der Waals surface area contributed by atoms with Gasteiger partial charge in [0.2, 0.25) is 0 Å². The zero-order chi connectivity index (χ0) is 13.4. The summed E-state index contributed by atoms with van der Waals surface area (Å²) >= 11 is 0. The number of nitrogens with zero attached hydrogens (tertiary/aromatic N) is 1. The molecule has 0 fully saturated rings. The Bertz CT molecular complexity index is 388. The molecule has 1 rings (SSSR count). The molecule has 1 N–H and O–H groups in total. The van der Waals surface area contributed by atoms with Crippen molar-refractivity contribution >= 4 is 12.1 Å². The Balaban J connectivity index is 2.35. The molecule has 0 heterocycles. The smallest absolute Gasteiger partial charge is 0.280 e. The largest absolute Gasteiger partial charge is 0.481 e. The van der Waals surface area contributed by atoms with Gasteiger partial charge in [-0.3, -0.25) is 4.79 Å². The summed E-state index contributed by atoms with van der Waals surface area (Å²) in [5.41, 5.74) is 2.46. The van der Waals surface area contributed by atoms with Crippen LogP contribution in [0.4, 0.5) is 0 Å². The van der Waals surface area contributed by atoms with E-state index in [2.05, 4.69) is 24.4 Å². The van der Waals surface area contributed by atoms with E-state index in [1.165, 1.54) is 0 Å². The number of hydrogen-bond acceptors (Lipinski definition) is 3. The molecule has 0 aliphatic carbocycles. The third kappa shape index (κ3) is 5.48. The maximum absolute atomic E-state index is 11.6. The Kier molecular flexibility index (Phi) is 5.91. The van der Waals surface area contributed by atoms with Crippen molar-refractivity contribution < 1.29 is 9.53 Å². The van der Waals surface area contributed by atoms with E-state index in [1.54, 1.807) is 13.1 Å². The number of para-hydroxylation sites is 1. The first kappa shape index (κ1) is 14.2. The van der Waals surface area contributed by atoms with Gasteiger partial charge in [0, 0.05) is 6.21 Å². The normalized spacial score (nSPS) is 12.7. The Hall–Kier alpha value is -1.84. The van der Waals surface area contributed by atoms with Gasteiger partial charge in [-0.2, -0.15) is 5.10 Å². The molecule has 4 heteroatoms. The van der Waals surface area contributed by atoms with E-state index in [0.717, 1.165) is 6.42 Å². The monoisotopic (exact) mass is 248 g/mol. The third-order valence-electron chi connectivity index (χ3n) is 2.27. The highest BCUT2D eigenvalue weighted by Crippen LogP contribution is 2.10. The van der Waals surface area contributed by atoms with Gasteiger partial charge in [0.05, 0.1) is 0 Å². The van der Waals surface area contributed by atoms with Gasteiger partial charge in [-0.15, -0.1) is 0 Å². The van der Waals surface area contributed by atoms with Crippen LogP contribution in [0.5, 0.6) is 5.75 Å². The topological polar surface area (TPSA) is 50.7 Å². The second kappa shape index (κ2) is 7.48. The molecule has 4 nitrogen and oxygen atoms in total. The van der Waals surface area contributed by atoms with E-state index in [0.29, 0.717) is 11.7 Å². The van der Waals surface area contributed by atoms with E-state index >= 15 is 0 Å². The number of benzene rings is 1. The van der Waals surface area contributed by atoms with Crippen molar-refractivity contribution in [3.63, 3.8) is 0 Å². The maximum atomic E-state index is 11.6. The molecule has 1 amide bonds. The van der Waals surface area contributed by atoms with Crippen LogP contribution in [0.2, 0.25) is 0 Å². The van der Waals surface area contributed by atoms with Crippen molar-refractivity contribution in [2.75, 3.05) is 0 Å². The lowest BCUT2D eigenvalue weighted by molar-refractivity contribution is -0.127. The molecule has 1 aromatic carbocycles. The molecule has 0 bridgehead atoms. The van der Waals surface area contributed by atoms with Crippen LogP contribution in [0.1, 0.15) is 27.2 Å². The quantitative estimate of drug-likeness (QED) is 0.621. The van der Waals surface area contributed by atoms with Crippen LogP contribution < -0.4 is 10.2 Å². The van der Waals surface area contributed by atoms with Crippen LogP contribution in [-0.4, -0.2) is 18.2 Å². The molecular weight excluding hydrogens is 228 g/mol. The number of rotatable bonds is 6. The predicted molar refractivity (Wildman–Crippen MR) is 72.6 cm³/mol. The lowest BCUT2D eigenvalue weighted by Crippen LogP contribution is -2.33. The minimum atomic E-state index is -0.566. The van der Waals surface area contributed by atoms with Gasteiger partial charge in [-0.05, 0) is 31.4 Å². The molecule has 0 aliphatic rings. The second-order valence-electron chi connectivity index (χ2n) is 4.49. The van der Waals surface area contributed by atoms with Crippen molar-refractivity contribution in [1.29, 1.82) is 0 Å². The Morgan fingerprint density at radius 1 is 1.33 bits per heavy atom. The van der Waals surface area contributed by atoms with E-state index in [9.17, 15) is 4.79 Å². The van der Waals surface area contributed by atoms with Gasteiger partial charge in [0.25, 0.3) is 5.91 Å². The molecule has 1 aromatic rings. The number of carbonyl (C=O) groups is 1. The van der Waals surface area contributed by atoms with E-state index in [1.807, 2.05) is 30.3 Å². The Morgan fingerprint density at radius 3 is 2.61 bits per heavy atom. The van der Waals surface area contributed by atoms with Gasteiger partial charge in [-0.1, -0.05) is 32.0 Å². The van der Waals surface area contributed by atoms with E-state index in [4.69, 9.17) is 4.74 Å². The van der Waals surface area contributed by atoms with E-state index in [-0.39, 0.29) is 5.91 Å². The maximum Gasteiger partial charge on any atom is 0.280 e. The molecule has 0 saturated heterocycles. The van der Waals surface area contributed by atoms with Crippen molar-refractivity contribution in [2.45, 2.75) is 33.3 Å². The van der Waals surface area contributed by atoms with Crippen LogP contribution >= 0.6 is 0 Å². The fraction of sp³-hybridized carbons (Fsp3) is 0.429. The lowest BCUT2D eigenvalue weighted by atomic mass is 10.2. The average Bonchev–Trinajstić information content (AvgIpc) is 2.35. The zero-order valence-corrected chi connectivity index (χ0v) is 11.1. The Morgan fingerprint density at radius 2 is 2.00 bits per heavy atom. The molecular formula is C14H20N2O2. The first-order chi connectivity index (χ1) is 8.59. The number of amides is 1. The van der Waals surface area contributed by atoms with Crippen molar-refractivity contribution in [1.82, 2.24) is 5.43 Å². The minimum absolute atomic E-state index is 0.251. The average molecular weight is 248 g/mol. The number of ether oxygens (including phenoxy) is 1. The van der Waals surface area contributed by atoms with Gasteiger partial charge < -0.3 is 4.74 Å². The summed E-state index contributed by atoms with van der Waals surface area (Å²) in [4.78, 5) is 11.6. The van der Waals surface area contributed by atoms with Crippen molar-refractivity contribution in [3.05, 3.63) is 30.3 Å². The summed E-state index contributed by atoms with van der Waals surface area (Å²) in [7, 11) is 0. The highest BCUT2D eigenvalue weighted by molar-refractivity contribution is 5.81. The molecule has 0 aliphatic heterocycles. The van der Waals surface area contributed by atoms with Crippen molar-refractivity contribution in [3.8, 4) is 5.75 Å². The Labute approximate surface area is 108 Å². The number of hydrazone groups is 1. The summed E-state index contributed by atoms with van der Waals surface area (Å²) in [6, 6.07) is 9.24. The first-order valence-electron chi connectivity index (χ1n) is 6.12. The molecule has 98 valence electrons. The minimum Gasteiger partial charge on any atom is -0.481 e.